The average molecular weight is 487 g/mol. The lowest BCUT2D eigenvalue weighted by Crippen LogP contribution is -2.32. The number of nitrogens with zero attached hydrogens (tertiary/aromatic N) is 3. The number of halogens is 1. The van der Waals surface area contributed by atoms with Gasteiger partial charge in [-0.25, -0.2) is 4.98 Å². The molecule has 176 valence electrons. The van der Waals surface area contributed by atoms with Crippen LogP contribution >= 0.6 is 11.6 Å². The zero-order valence-electron chi connectivity index (χ0n) is 19.3. The molecule has 3 aromatic carbocycles. The number of hydrazone groups is 1. The Hall–Kier alpha value is -4.10. The van der Waals surface area contributed by atoms with E-state index in [9.17, 15) is 4.79 Å². The summed E-state index contributed by atoms with van der Waals surface area (Å²) >= 11 is 6.26. The second-order valence-electron chi connectivity index (χ2n) is 8.07. The van der Waals surface area contributed by atoms with E-state index >= 15 is 0 Å². The van der Waals surface area contributed by atoms with Crippen molar-refractivity contribution in [2.24, 2.45) is 5.10 Å². The third-order valence-corrected chi connectivity index (χ3v) is 5.81. The predicted molar refractivity (Wildman–Crippen MR) is 138 cm³/mol. The molecule has 8 heteroatoms. The number of nitrogens with one attached hydrogen (secondary N) is 1. The highest BCUT2D eigenvalue weighted by Crippen LogP contribution is 2.33. The lowest BCUT2D eigenvalue weighted by molar-refractivity contribution is -0.116. The van der Waals surface area contributed by atoms with Crippen LogP contribution in [0, 0.1) is 6.92 Å². The first-order valence-corrected chi connectivity index (χ1v) is 11.5. The van der Waals surface area contributed by atoms with E-state index in [1.807, 2.05) is 55.5 Å². The van der Waals surface area contributed by atoms with Crippen molar-refractivity contribution >= 4 is 45.7 Å². The Balaban J connectivity index is 1.46. The highest BCUT2D eigenvalue weighted by molar-refractivity contribution is 6.31. The zero-order valence-corrected chi connectivity index (χ0v) is 20.1. The summed E-state index contributed by atoms with van der Waals surface area (Å²) in [6.07, 6.45) is 0. The molecule has 0 unspecified atom stereocenters. The minimum Gasteiger partial charge on any atom is -0.494 e. The molecule has 4 aromatic rings. The van der Waals surface area contributed by atoms with Crippen LogP contribution in [0.5, 0.6) is 5.75 Å². The minimum absolute atomic E-state index is 0.0331. The highest BCUT2D eigenvalue weighted by atomic mass is 35.5. The molecular weight excluding hydrogens is 464 g/mol. The van der Waals surface area contributed by atoms with E-state index in [2.05, 4.69) is 16.9 Å². The number of aryl methyl sites for hydroxylation is 1. The third-order valence-electron chi connectivity index (χ3n) is 5.57. The number of fused-ring (bicyclic) bond motifs is 2. The first-order valence-electron chi connectivity index (χ1n) is 11.2. The average Bonchev–Trinajstić information content (AvgIpc) is 3.20. The SMILES string of the molecule is C=C1c2cc(OCC)ccc2C(c2cccc(Cl)c2)=NN1CC(=O)Nc1ccc2nc(C)oc2c1. The normalized spacial score (nSPS) is 12.9. The maximum absolute atomic E-state index is 13.0. The Morgan fingerprint density at radius 1 is 1.14 bits per heavy atom. The van der Waals surface area contributed by atoms with E-state index in [4.69, 9.17) is 25.9 Å². The van der Waals surface area contributed by atoms with Crippen molar-refractivity contribution in [2.75, 3.05) is 18.5 Å². The lowest BCUT2D eigenvalue weighted by atomic mass is 9.94. The fourth-order valence-electron chi connectivity index (χ4n) is 4.03. The van der Waals surface area contributed by atoms with Gasteiger partial charge in [0.1, 0.15) is 17.8 Å². The molecule has 0 fully saturated rings. The lowest BCUT2D eigenvalue weighted by Gasteiger charge is -2.29. The number of hydrogen-bond acceptors (Lipinski definition) is 6. The Kier molecular flexibility index (Phi) is 6.01. The minimum atomic E-state index is -0.250. The van der Waals surface area contributed by atoms with Crippen molar-refractivity contribution in [1.82, 2.24) is 9.99 Å². The molecule has 0 saturated heterocycles. The van der Waals surface area contributed by atoms with E-state index in [-0.39, 0.29) is 12.5 Å². The Morgan fingerprint density at radius 2 is 2.00 bits per heavy atom. The molecule has 1 N–H and O–H groups in total. The summed E-state index contributed by atoms with van der Waals surface area (Å²) in [4.78, 5) is 17.3. The van der Waals surface area contributed by atoms with Crippen LogP contribution in [0.15, 0.2) is 76.8 Å². The number of carbonyl (C=O) groups is 1. The number of hydrogen-bond donors (Lipinski definition) is 1. The number of anilines is 1. The fraction of sp³-hybridized carbons (Fsp3) is 0.148. The molecule has 5 rings (SSSR count). The van der Waals surface area contributed by atoms with Crippen molar-refractivity contribution in [3.05, 3.63) is 94.8 Å². The van der Waals surface area contributed by atoms with Crippen LogP contribution in [0.1, 0.15) is 29.5 Å². The van der Waals surface area contributed by atoms with Crippen molar-refractivity contribution in [3.63, 3.8) is 0 Å². The number of oxazole rings is 1. The molecule has 1 aliphatic rings. The summed E-state index contributed by atoms with van der Waals surface area (Å²) in [6.45, 7) is 8.45. The van der Waals surface area contributed by atoms with Gasteiger partial charge in [0.15, 0.2) is 11.5 Å². The molecule has 2 heterocycles. The second-order valence-corrected chi connectivity index (χ2v) is 8.50. The number of benzene rings is 3. The molecule has 0 radical (unpaired) electrons. The van der Waals surface area contributed by atoms with Crippen LogP contribution in [-0.2, 0) is 4.79 Å². The summed E-state index contributed by atoms with van der Waals surface area (Å²) in [5.74, 6) is 1.04. The molecule has 7 nitrogen and oxygen atoms in total. The molecule has 0 spiro atoms. The van der Waals surface area contributed by atoms with Crippen molar-refractivity contribution in [1.29, 1.82) is 0 Å². The monoisotopic (exact) mass is 486 g/mol. The molecule has 0 atom stereocenters. The molecule has 35 heavy (non-hydrogen) atoms. The van der Waals surface area contributed by atoms with Crippen LogP contribution in [0.2, 0.25) is 5.02 Å². The summed E-state index contributed by atoms with van der Waals surface area (Å²) in [5.41, 5.74) is 5.83. The van der Waals surface area contributed by atoms with E-state index in [1.165, 1.54) is 0 Å². The van der Waals surface area contributed by atoms with Crippen LogP contribution < -0.4 is 10.1 Å². The van der Waals surface area contributed by atoms with Gasteiger partial charge in [0.25, 0.3) is 0 Å². The van der Waals surface area contributed by atoms with Gasteiger partial charge in [-0.2, -0.15) is 5.10 Å². The van der Waals surface area contributed by atoms with E-state index in [1.54, 1.807) is 24.1 Å². The Morgan fingerprint density at radius 3 is 2.80 bits per heavy atom. The molecule has 1 aliphatic heterocycles. The maximum Gasteiger partial charge on any atom is 0.246 e. The summed E-state index contributed by atoms with van der Waals surface area (Å²) < 4.78 is 11.3. The van der Waals surface area contributed by atoms with Gasteiger partial charge in [-0.15, -0.1) is 0 Å². The summed E-state index contributed by atoms with van der Waals surface area (Å²) in [6, 6.07) is 18.6. The van der Waals surface area contributed by atoms with Gasteiger partial charge in [0.05, 0.1) is 18.0 Å². The molecule has 1 aromatic heterocycles. The molecule has 0 bridgehead atoms. The van der Waals surface area contributed by atoms with E-state index in [0.29, 0.717) is 40.2 Å². The van der Waals surface area contributed by atoms with E-state index < -0.39 is 0 Å². The highest BCUT2D eigenvalue weighted by Gasteiger charge is 2.26. The molecule has 0 aliphatic carbocycles. The van der Waals surface area contributed by atoms with Crippen molar-refractivity contribution in [2.45, 2.75) is 13.8 Å². The third kappa shape index (κ3) is 4.63. The van der Waals surface area contributed by atoms with Crippen LogP contribution in [0.4, 0.5) is 5.69 Å². The predicted octanol–water partition coefficient (Wildman–Crippen LogP) is 5.87. The first-order chi connectivity index (χ1) is 16.9. The summed E-state index contributed by atoms with van der Waals surface area (Å²) in [7, 11) is 0. The number of carbonyl (C=O) groups excluding carboxylic acids is 1. The Bertz CT molecular complexity index is 1490. The number of aromatic nitrogens is 1. The van der Waals surface area contributed by atoms with E-state index in [0.717, 1.165) is 28.0 Å². The Labute approximate surface area is 207 Å². The van der Waals surface area contributed by atoms with Gasteiger partial charge in [0, 0.05) is 40.4 Å². The van der Waals surface area contributed by atoms with Gasteiger partial charge in [-0.3, -0.25) is 9.80 Å². The quantitative estimate of drug-likeness (QED) is 0.369. The van der Waals surface area contributed by atoms with Crippen LogP contribution in [0.3, 0.4) is 0 Å². The van der Waals surface area contributed by atoms with Crippen molar-refractivity contribution in [3.8, 4) is 5.75 Å². The number of amides is 1. The zero-order chi connectivity index (χ0) is 24.5. The number of ether oxygens (including phenoxy) is 1. The van der Waals surface area contributed by atoms with Gasteiger partial charge < -0.3 is 14.5 Å². The molecular formula is C27H23ClN4O3. The topological polar surface area (TPSA) is 80.0 Å². The number of rotatable bonds is 6. The first kappa shape index (κ1) is 22.7. The van der Waals surface area contributed by atoms with Gasteiger partial charge >= 0.3 is 0 Å². The fourth-order valence-corrected chi connectivity index (χ4v) is 4.22. The smallest absolute Gasteiger partial charge is 0.246 e. The second kappa shape index (κ2) is 9.27. The van der Waals surface area contributed by atoms with Crippen LogP contribution in [-0.4, -0.2) is 34.8 Å². The van der Waals surface area contributed by atoms with Gasteiger partial charge in [-0.1, -0.05) is 30.3 Å². The summed E-state index contributed by atoms with van der Waals surface area (Å²) in [5, 5.41) is 9.89. The maximum atomic E-state index is 13.0. The largest absolute Gasteiger partial charge is 0.494 e. The van der Waals surface area contributed by atoms with Crippen molar-refractivity contribution < 1.29 is 13.9 Å². The van der Waals surface area contributed by atoms with Gasteiger partial charge in [0.2, 0.25) is 5.91 Å². The molecule has 0 saturated carbocycles. The standard InChI is InChI=1S/C27H23ClN4O3/c1-4-34-21-9-10-22-23(14-21)16(2)32(31-27(22)18-6-5-7-19(28)12-18)15-26(33)30-20-8-11-24-25(13-20)35-17(3)29-24/h5-14H,2,4,15H2,1,3H3,(H,30,33). The van der Waals surface area contributed by atoms with Gasteiger partial charge in [-0.05, 0) is 49.4 Å². The molecule has 1 amide bonds. The van der Waals surface area contributed by atoms with Crippen LogP contribution in [0.25, 0.3) is 16.8 Å².